The van der Waals surface area contributed by atoms with Gasteiger partial charge in [-0.05, 0) is 67.1 Å². The number of sulfonamides is 1. The van der Waals surface area contributed by atoms with Crippen LogP contribution in [0.4, 0.5) is 15.8 Å². The molecule has 6 nitrogen and oxygen atoms in total. The Kier molecular flexibility index (Phi) is 7.14. The fourth-order valence-corrected chi connectivity index (χ4v) is 4.01. The first kappa shape index (κ1) is 22.6. The summed E-state index contributed by atoms with van der Waals surface area (Å²) in [5.41, 5.74) is 0.674. The lowest BCUT2D eigenvalue weighted by Crippen LogP contribution is -2.32. The molecular weight excluding hydrogens is 443 g/mol. The van der Waals surface area contributed by atoms with E-state index in [1.165, 1.54) is 48.5 Å². The van der Waals surface area contributed by atoms with Crippen molar-refractivity contribution in [2.24, 2.45) is 0 Å². The van der Waals surface area contributed by atoms with Crippen molar-refractivity contribution in [3.05, 3.63) is 83.6 Å². The van der Waals surface area contributed by atoms with Gasteiger partial charge in [-0.2, -0.15) is 0 Å². The van der Waals surface area contributed by atoms with Crippen LogP contribution in [-0.4, -0.2) is 20.4 Å². The van der Waals surface area contributed by atoms with Crippen LogP contribution in [0.25, 0.3) is 0 Å². The zero-order chi connectivity index (χ0) is 22.4. The van der Waals surface area contributed by atoms with Gasteiger partial charge in [0, 0.05) is 5.69 Å². The Morgan fingerprint density at radius 3 is 2.29 bits per heavy atom. The van der Waals surface area contributed by atoms with Crippen LogP contribution in [0, 0.1) is 5.82 Å². The number of hydrogen-bond acceptors (Lipinski definition) is 4. The van der Waals surface area contributed by atoms with E-state index in [0.29, 0.717) is 17.9 Å². The van der Waals surface area contributed by atoms with Gasteiger partial charge in [-0.25, -0.2) is 12.8 Å². The number of halogens is 2. The van der Waals surface area contributed by atoms with Crippen LogP contribution in [0.2, 0.25) is 5.02 Å². The standard InChI is InChI=1S/C22H20ClFN2O4S/c1-2-21(30-17-11-7-15(24)8-12-17)22(27)25-16-9-13-18(14-10-16)31(28,29)26-20-6-4-3-5-19(20)23/h3-14,21,26H,2H2,1H3,(H,25,27)/t21-/m1/s1. The number of ether oxygens (including phenoxy) is 1. The van der Waals surface area contributed by atoms with Crippen LogP contribution in [0.15, 0.2) is 77.7 Å². The second kappa shape index (κ2) is 9.80. The zero-order valence-electron chi connectivity index (χ0n) is 16.5. The minimum Gasteiger partial charge on any atom is -0.481 e. The second-order valence-electron chi connectivity index (χ2n) is 6.57. The van der Waals surface area contributed by atoms with Crippen molar-refractivity contribution in [1.29, 1.82) is 0 Å². The Hall–Kier alpha value is -3.10. The highest BCUT2D eigenvalue weighted by atomic mass is 35.5. The summed E-state index contributed by atoms with van der Waals surface area (Å²) >= 11 is 6.00. The van der Waals surface area contributed by atoms with Gasteiger partial charge < -0.3 is 10.1 Å². The van der Waals surface area contributed by atoms with Gasteiger partial charge in [0.25, 0.3) is 15.9 Å². The molecule has 3 rings (SSSR count). The van der Waals surface area contributed by atoms with Gasteiger partial charge in [-0.3, -0.25) is 9.52 Å². The summed E-state index contributed by atoms with van der Waals surface area (Å²) in [6, 6.07) is 17.6. The first-order valence-corrected chi connectivity index (χ1v) is 11.2. The van der Waals surface area contributed by atoms with Crippen LogP contribution in [0.5, 0.6) is 5.75 Å². The molecule has 0 aromatic heterocycles. The smallest absolute Gasteiger partial charge is 0.265 e. The van der Waals surface area contributed by atoms with Gasteiger partial charge in [0.05, 0.1) is 15.6 Å². The van der Waals surface area contributed by atoms with E-state index in [9.17, 15) is 17.6 Å². The van der Waals surface area contributed by atoms with Gasteiger partial charge in [0.2, 0.25) is 0 Å². The fraction of sp³-hybridized carbons (Fsp3) is 0.136. The maximum absolute atomic E-state index is 13.0. The number of rotatable bonds is 8. The van der Waals surface area contributed by atoms with Crippen LogP contribution < -0.4 is 14.8 Å². The van der Waals surface area contributed by atoms with Crippen molar-refractivity contribution in [3.63, 3.8) is 0 Å². The lowest BCUT2D eigenvalue weighted by Gasteiger charge is -2.17. The molecular formula is C22H20ClFN2O4S. The van der Waals surface area contributed by atoms with Crippen molar-refractivity contribution in [2.45, 2.75) is 24.3 Å². The van der Waals surface area contributed by atoms with Gasteiger partial charge in [0.15, 0.2) is 6.10 Å². The molecule has 0 unspecified atom stereocenters. The first-order chi connectivity index (χ1) is 14.8. The average molecular weight is 463 g/mol. The highest BCUT2D eigenvalue weighted by molar-refractivity contribution is 7.92. The summed E-state index contributed by atoms with van der Waals surface area (Å²) in [6.07, 6.45) is -0.409. The van der Waals surface area contributed by atoms with E-state index in [2.05, 4.69) is 10.0 Å². The molecule has 0 fully saturated rings. The molecule has 1 atom stereocenters. The third-order valence-corrected chi connectivity index (χ3v) is 6.02. The van der Waals surface area contributed by atoms with Crippen molar-refractivity contribution < 1.29 is 22.3 Å². The minimum absolute atomic E-state index is 0.0139. The van der Waals surface area contributed by atoms with Gasteiger partial charge in [0.1, 0.15) is 11.6 Å². The van der Waals surface area contributed by atoms with Crippen LogP contribution in [0.3, 0.4) is 0 Å². The minimum atomic E-state index is -3.85. The molecule has 3 aromatic carbocycles. The maximum Gasteiger partial charge on any atom is 0.265 e. The Morgan fingerprint density at radius 1 is 1.03 bits per heavy atom. The van der Waals surface area contributed by atoms with E-state index < -0.39 is 27.9 Å². The van der Waals surface area contributed by atoms with Gasteiger partial charge in [-0.15, -0.1) is 0 Å². The highest BCUT2D eigenvalue weighted by Crippen LogP contribution is 2.24. The van der Waals surface area contributed by atoms with Crippen LogP contribution in [-0.2, 0) is 14.8 Å². The third kappa shape index (κ3) is 5.96. The number of amides is 1. The number of benzene rings is 3. The van der Waals surface area contributed by atoms with Crippen molar-refractivity contribution in [3.8, 4) is 5.75 Å². The molecule has 2 N–H and O–H groups in total. The third-order valence-electron chi connectivity index (χ3n) is 4.31. The summed E-state index contributed by atoms with van der Waals surface area (Å²) in [4.78, 5) is 12.5. The number of carbonyl (C=O) groups is 1. The summed E-state index contributed by atoms with van der Waals surface area (Å²) in [6.45, 7) is 1.78. The van der Waals surface area contributed by atoms with Gasteiger partial charge >= 0.3 is 0 Å². The molecule has 0 saturated heterocycles. The molecule has 0 aliphatic heterocycles. The molecule has 0 aliphatic carbocycles. The van der Waals surface area contributed by atoms with Crippen LogP contribution in [0.1, 0.15) is 13.3 Å². The quantitative estimate of drug-likeness (QED) is 0.489. The summed E-state index contributed by atoms with van der Waals surface area (Å²) in [5.74, 6) is -0.434. The Bertz CT molecular complexity index is 1150. The molecule has 31 heavy (non-hydrogen) atoms. The van der Waals surface area contributed by atoms with Crippen molar-refractivity contribution >= 4 is 38.9 Å². The topological polar surface area (TPSA) is 84.5 Å². The SMILES string of the molecule is CC[C@@H](Oc1ccc(F)cc1)C(=O)Nc1ccc(S(=O)(=O)Nc2ccccc2Cl)cc1. The highest BCUT2D eigenvalue weighted by Gasteiger charge is 2.20. The molecule has 0 radical (unpaired) electrons. The van der Waals surface area contributed by atoms with E-state index in [0.717, 1.165) is 0 Å². The van der Waals surface area contributed by atoms with E-state index in [1.807, 2.05) is 0 Å². The molecule has 3 aromatic rings. The summed E-state index contributed by atoms with van der Waals surface area (Å²) < 4.78 is 46.2. The summed E-state index contributed by atoms with van der Waals surface area (Å²) in [5, 5.41) is 2.97. The average Bonchev–Trinajstić information content (AvgIpc) is 2.75. The second-order valence-corrected chi connectivity index (χ2v) is 8.66. The zero-order valence-corrected chi connectivity index (χ0v) is 18.1. The largest absolute Gasteiger partial charge is 0.481 e. The molecule has 0 aliphatic rings. The molecule has 0 spiro atoms. The molecule has 0 saturated carbocycles. The lowest BCUT2D eigenvalue weighted by atomic mass is 10.2. The monoisotopic (exact) mass is 462 g/mol. The predicted octanol–water partition coefficient (Wildman–Crippen LogP) is 5.08. The maximum atomic E-state index is 13.0. The number of anilines is 2. The molecule has 0 heterocycles. The Labute approximate surface area is 185 Å². The lowest BCUT2D eigenvalue weighted by molar-refractivity contribution is -0.122. The number of nitrogens with one attached hydrogen (secondary N) is 2. The molecule has 1 amide bonds. The first-order valence-electron chi connectivity index (χ1n) is 9.39. The molecule has 9 heteroatoms. The number of carbonyl (C=O) groups excluding carboxylic acids is 1. The van der Waals surface area contributed by atoms with E-state index in [-0.39, 0.29) is 15.6 Å². The summed E-state index contributed by atoms with van der Waals surface area (Å²) in [7, 11) is -3.85. The number of hydrogen-bond donors (Lipinski definition) is 2. The van der Waals surface area contributed by atoms with E-state index >= 15 is 0 Å². The Balaban J connectivity index is 1.67. The van der Waals surface area contributed by atoms with Gasteiger partial charge in [-0.1, -0.05) is 30.7 Å². The normalized spacial score (nSPS) is 12.1. The van der Waals surface area contributed by atoms with Crippen molar-refractivity contribution in [1.82, 2.24) is 0 Å². The van der Waals surface area contributed by atoms with E-state index in [1.54, 1.807) is 31.2 Å². The predicted molar refractivity (Wildman–Crippen MR) is 118 cm³/mol. The molecule has 0 bridgehead atoms. The van der Waals surface area contributed by atoms with Crippen LogP contribution >= 0.6 is 11.6 Å². The Morgan fingerprint density at radius 2 is 1.68 bits per heavy atom. The molecule has 162 valence electrons. The number of para-hydroxylation sites is 1. The van der Waals surface area contributed by atoms with Crippen molar-refractivity contribution in [2.75, 3.05) is 10.0 Å². The fourth-order valence-electron chi connectivity index (χ4n) is 2.69. The van der Waals surface area contributed by atoms with E-state index in [4.69, 9.17) is 16.3 Å².